The molecule has 0 fully saturated rings. The largest absolute Gasteiger partial charge is 0.309 e. The molecule has 3 nitrogen and oxygen atoms in total. The molecule has 0 unspecified atom stereocenters. The van der Waals surface area contributed by atoms with Gasteiger partial charge in [-0.25, -0.2) is 4.98 Å². The van der Waals surface area contributed by atoms with Crippen molar-refractivity contribution in [3.63, 3.8) is 0 Å². The molecular weight excluding hydrogens is 300 g/mol. The van der Waals surface area contributed by atoms with Crippen LogP contribution in [0.2, 0.25) is 0 Å². The normalized spacial score (nSPS) is 11.2. The third-order valence-corrected chi connectivity index (χ3v) is 5.57. The van der Waals surface area contributed by atoms with Crippen molar-refractivity contribution in [3.8, 4) is 0 Å². The molecule has 1 N–H and O–H groups in total. The summed E-state index contributed by atoms with van der Waals surface area (Å²) in [6.07, 6.45) is 0. The first-order valence-corrected chi connectivity index (χ1v) is 8.58. The Bertz CT molecular complexity index is 841. The Morgan fingerprint density at radius 2 is 1.95 bits per heavy atom. The first kappa shape index (κ1) is 14.4. The van der Waals surface area contributed by atoms with Crippen LogP contribution in [0.15, 0.2) is 33.3 Å². The molecule has 1 aromatic carbocycles. The number of aromatic nitrogens is 2. The van der Waals surface area contributed by atoms with Crippen LogP contribution >= 0.6 is 23.1 Å². The number of fused-ring (bicyclic) bond motifs is 1. The molecule has 0 saturated carbocycles. The minimum absolute atomic E-state index is 0.0389. The van der Waals surface area contributed by atoms with E-state index in [2.05, 4.69) is 42.9 Å². The van der Waals surface area contributed by atoms with Crippen molar-refractivity contribution in [2.24, 2.45) is 0 Å². The third kappa shape index (κ3) is 2.89. The van der Waals surface area contributed by atoms with Crippen LogP contribution in [-0.2, 0) is 5.75 Å². The standard InChI is InChI=1S/C16H16N2OS2/c1-9-6-10(2)14(11(3)7-9)21-8-13-17-12-4-5-20-15(12)16(19)18-13/h4-7H,8H2,1-3H3,(H,17,18,19). The maximum absolute atomic E-state index is 12.0. The number of nitrogens with zero attached hydrogens (tertiary/aromatic N) is 1. The highest BCUT2D eigenvalue weighted by Gasteiger charge is 2.08. The Kier molecular flexibility index (Phi) is 3.87. The Labute approximate surface area is 131 Å². The van der Waals surface area contributed by atoms with Crippen LogP contribution in [0.25, 0.3) is 10.2 Å². The summed E-state index contributed by atoms with van der Waals surface area (Å²) in [5.74, 6) is 1.40. The van der Waals surface area contributed by atoms with Crippen molar-refractivity contribution in [1.29, 1.82) is 0 Å². The van der Waals surface area contributed by atoms with Gasteiger partial charge >= 0.3 is 0 Å². The lowest BCUT2D eigenvalue weighted by Crippen LogP contribution is -2.09. The molecule has 0 radical (unpaired) electrons. The topological polar surface area (TPSA) is 45.8 Å². The van der Waals surface area contributed by atoms with Gasteiger partial charge in [0.05, 0.1) is 11.3 Å². The molecular formula is C16H16N2OS2. The van der Waals surface area contributed by atoms with E-state index in [4.69, 9.17) is 0 Å². The van der Waals surface area contributed by atoms with Gasteiger partial charge in [0.2, 0.25) is 0 Å². The third-order valence-electron chi connectivity index (χ3n) is 3.32. The Hall–Kier alpha value is -1.59. The highest BCUT2D eigenvalue weighted by atomic mass is 32.2. The van der Waals surface area contributed by atoms with Crippen molar-refractivity contribution in [2.75, 3.05) is 0 Å². The van der Waals surface area contributed by atoms with Gasteiger partial charge in [0.25, 0.3) is 5.56 Å². The monoisotopic (exact) mass is 316 g/mol. The lowest BCUT2D eigenvalue weighted by molar-refractivity contribution is 1.04. The molecule has 3 aromatic rings. The van der Waals surface area contributed by atoms with E-state index < -0.39 is 0 Å². The number of benzene rings is 1. The zero-order valence-electron chi connectivity index (χ0n) is 12.2. The van der Waals surface area contributed by atoms with E-state index in [9.17, 15) is 4.79 Å². The van der Waals surface area contributed by atoms with E-state index in [1.165, 1.54) is 32.9 Å². The summed E-state index contributed by atoms with van der Waals surface area (Å²) in [5, 5.41) is 1.90. The smallest absolute Gasteiger partial charge is 0.268 e. The van der Waals surface area contributed by atoms with Crippen LogP contribution in [-0.4, -0.2) is 9.97 Å². The number of aromatic amines is 1. The van der Waals surface area contributed by atoms with Crippen LogP contribution in [0.5, 0.6) is 0 Å². The van der Waals surface area contributed by atoms with Gasteiger partial charge in [0, 0.05) is 4.90 Å². The highest BCUT2D eigenvalue weighted by Crippen LogP contribution is 2.29. The second-order valence-corrected chi connectivity index (χ2v) is 7.07. The predicted octanol–water partition coefficient (Wildman–Crippen LogP) is 4.20. The molecule has 108 valence electrons. The van der Waals surface area contributed by atoms with Crippen molar-refractivity contribution in [2.45, 2.75) is 31.4 Å². The maximum Gasteiger partial charge on any atom is 0.268 e. The SMILES string of the molecule is Cc1cc(C)c(SCc2nc3ccsc3c(=O)[nH]2)c(C)c1. The Morgan fingerprint density at radius 1 is 1.24 bits per heavy atom. The molecule has 2 aromatic heterocycles. The second-order valence-electron chi connectivity index (χ2n) is 5.16. The summed E-state index contributed by atoms with van der Waals surface area (Å²) in [7, 11) is 0. The van der Waals surface area contributed by atoms with Gasteiger partial charge in [-0.3, -0.25) is 4.79 Å². The van der Waals surface area contributed by atoms with Gasteiger partial charge in [-0.2, -0.15) is 0 Å². The summed E-state index contributed by atoms with van der Waals surface area (Å²) in [6, 6.07) is 6.27. The molecule has 0 atom stereocenters. The number of nitrogens with one attached hydrogen (secondary N) is 1. The molecule has 0 amide bonds. The fraction of sp³-hybridized carbons (Fsp3) is 0.250. The second kappa shape index (κ2) is 5.66. The minimum atomic E-state index is -0.0389. The molecule has 3 rings (SSSR count). The van der Waals surface area contributed by atoms with Gasteiger partial charge in [0.15, 0.2) is 0 Å². The zero-order valence-corrected chi connectivity index (χ0v) is 13.8. The van der Waals surface area contributed by atoms with E-state index in [0.717, 1.165) is 11.3 Å². The Morgan fingerprint density at radius 3 is 2.67 bits per heavy atom. The summed E-state index contributed by atoms with van der Waals surface area (Å²) < 4.78 is 0.700. The molecule has 2 heterocycles. The van der Waals surface area contributed by atoms with Gasteiger partial charge in [0.1, 0.15) is 10.5 Å². The van der Waals surface area contributed by atoms with Crippen LogP contribution < -0.4 is 5.56 Å². The van der Waals surface area contributed by atoms with Crippen LogP contribution in [0.3, 0.4) is 0 Å². The number of thiophene rings is 1. The lowest BCUT2D eigenvalue weighted by Gasteiger charge is -2.10. The first-order chi connectivity index (χ1) is 10.0. The quantitative estimate of drug-likeness (QED) is 0.737. The van der Waals surface area contributed by atoms with Gasteiger partial charge < -0.3 is 4.98 Å². The highest BCUT2D eigenvalue weighted by molar-refractivity contribution is 7.98. The predicted molar refractivity (Wildman–Crippen MR) is 90.5 cm³/mol. The number of H-pyrrole nitrogens is 1. The van der Waals surface area contributed by atoms with E-state index in [0.29, 0.717) is 10.5 Å². The summed E-state index contributed by atoms with van der Waals surface area (Å²) >= 11 is 3.16. The fourth-order valence-corrected chi connectivity index (χ4v) is 4.24. The average Bonchev–Trinajstić information content (AvgIpc) is 2.86. The zero-order chi connectivity index (χ0) is 15.0. The van der Waals surface area contributed by atoms with E-state index in [1.54, 1.807) is 11.8 Å². The van der Waals surface area contributed by atoms with E-state index in [-0.39, 0.29) is 5.56 Å². The van der Waals surface area contributed by atoms with Crippen molar-refractivity contribution >= 4 is 33.3 Å². The van der Waals surface area contributed by atoms with Crippen LogP contribution in [0, 0.1) is 20.8 Å². The van der Waals surface area contributed by atoms with E-state index in [1.807, 2.05) is 11.4 Å². The van der Waals surface area contributed by atoms with Crippen molar-refractivity contribution < 1.29 is 0 Å². The molecule has 0 spiro atoms. The molecule has 5 heteroatoms. The molecule has 21 heavy (non-hydrogen) atoms. The van der Waals surface area contributed by atoms with Gasteiger partial charge in [-0.05, 0) is 43.3 Å². The van der Waals surface area contributed by atoms with Gasteiger partial charge in [-0.15, -0.1) is 23.1 Å². The Balaban J connectivity index is 1.88. The lowest BCUT2D eigenvalue weighted by atomic mass is 10.1. The number of aryl methyl sites for hydroxylation is 3. The molecule has 0 saturated heterocycles. The molecule has 0 aliphatic rings. The summed E-state index contributed by atoms with van der Waals surface area (Å²) in [5.41, 5.74) is 4.58. The van der Waals surface area contributed by atoms with Crippen LogP contribution in [0.4, 0.5) is 0 Å². The average molecular weight is 316 g/mol. The number of hydrogen-bond acceptors (Lipinski definition) is 4. The molecule has 0 bridgehead atoms. The number of rotatable bonds is 3. The maximum atomic E-state index is 12.0. The van der Waals surface area contributed by atoms with Crippen molar-refractivity contribution in [1.82, 2.24) is 9.97 Å². The summed E-state index contributed by atoms with van der Waals surface area (Å²) in [4.78, 5) is 20.6. The number of thioether (sulfide) groups is 1. The number of hydrogen-bond donors (Lipinski definition) is 1. The molecule has 0 aliphatic heterocycles. The van der Waals surface area contributed by atoms with E-state index >= 15 is 0 Å². The minimum Gasteiger partial charge on any atom is -0.309 e. The van der Waals surface area contributed by atoms with Crippen LogP contribution in [0.1, 0.15) is 22.5 Å². The van der Waals surface area contributed by atoms with Gasteiger partial charge in [-0.1, -0.05) is 17.7 Å². The summed E-state index contributed by atoms with van der Waals surface area (Å²) in [6.45, 7) is 6.36. The van der Waals surface area contributed by atoms with Crippen molar-refractivity contribution in [3.05, 3.63) is 56.4 Å². The fourth-order valence-electron chi connectivity index (χ4n) is 2.52. The first-order valence-electron chi connectivity index (χ1n) is 6.71. The molecule has 0 aliphatic carbocycles.